The highest BCUT2D eigenvalue weighted by Gasteiger charge is 2.15. The minimum atomic E-state index is 0. The molecule has 0 amide bonds. The lowest BCUT2D eigenvalue weighted by atomic mass is 10.1. The molecule has 0 radical (unpaired) electrons. The molecule has 5 heteroatoms. The van der Waals surface area contributed by atoms with Crippen LogP contribution in [0.4, 0.5) is 0 Å². The molecule has 0 aromatic carbocycles. The van der Waals surface area contributed by atoms with Gasteiger partial charge in [0.05, 0.1) is 11.2 Å². The molecule has 2 heterocycles. The fourth-order valence-corrected chi connectivity index (χ4v) is 3.02. The molecular formula is C12H22ClN3S. The summed E-state index contributed by atoms with van der Waals surface area (Å²) in [7, 11) is 2.21. The van der Waals surface area contributed by atoms with Crippen LogP contribution in [0.25, 0.3) is 0 Å². The third kappa shape index (κ3) is 4.54. The topological polar surface area (TPSA) is 28.2 Å². The first-order valence-electron chi connectivity index (χ1n) is 6.04. The predicted octanol–water partition coefficient (Wildman–Crippen LogP) is 2.30. The summed E-state index contributed by atoms with van der Waals surface area (Å²) < 4.78 is 0. The number of rotatable bonds is 5. The van der Waals surface area contributed by atoms with Gasteiger partial charge in [-0.15, -0.1) is 23.7 Å². The van der Waals surface area contributed by atoms with E-state index in [-0.39, 0.29) is 12.4 Å². The van der Waals surface area contributed by atoms with Gasteiger partial charge >= 0.3 is 0 Å². The van der Waals surface area contributed by atoms with Gasteiger partial charge in [-0.2, -0.15) is 0 Å². The van der Waals surface area contributed by atoms with Gasteiger partial charge in [-0.05, 0) is 52.4 Å². The quantitative estimate of drug-likeness (QED) is 0.894. The van der Waals surface area contributed by atoms with E-state index in [1.54, 1.807) is 11.3 Å². The third-order valence-corrected chi connectivity index (χ3v) is 4.26. The molecule has 1 aliphatic heterocycles. The van der Waals surface area contributed by atoms with E-state index in [0.29, 0.717) is 0 Å². The van der Waals surface area contributed by atoms with Crippen LogP contribution in [-0.4, -0.2) is 36.6 Å². The second kappa shape index (κ2) is 7.31. The molecule has 1 atom stereocenters. The molecule has 0 bridgehead atoms. The first-order chi connectivity index (χ1) is 7.75. The first kappa shape index (κ1) is 14.9. The SMILES string of the molecule is Cc1ncsc1CN(C)CCC1CCNC1.Cl. The van der Waals surface area contributed by atoms with Crippen molar-refractivity contribution in [3.63, 3.8) is 0 Å². The second-order valence-electron chi connectivity index (χ2n) is 4.75. The molecular weight excluding hydrogens is 254 g/mol. The summed E-state index contributed by atoms with van der Waals surface area (Å²) in [5.74, 6) is 0.894. The first-order valence-corrected chi connectivity index (χ1v) is 6.92. The van der Waals surface area contributed by atoms with Crippen molar-refractivity contribution in [1.82, 2.24) is 15.2 Å². The largest absolute Gasteiger partial charge is 0.316 e. The van der Waals surface area contributed by atoms with Gasteiger partial charge in [0.2, 0.25) is 0 Å². The molecule has 2 rings (SSSR count). The molecule has 1 aromatic rings. The molecule has 0 saturated carbocycles. The predicted molar refractivity (Wildman–Crippen MR) is 76.0 cm³/mol. The average Bonchev–Trinajstić information content (AvgIpc) is 2.88. The van der Waals surface area contributed by atoms with Crippen LogP contribution >= 0.6 is 23.7 Å². The van der Waals surface area contributed by atoms with Crippen LogP contribution in [0.1, 0.15) is 23.4 Å². The van der Waals surface area contributed by atoms with Crippen LogP contribution in [-0.2, 0) is 6.54 Å². The Morgan fingerprint density at radius 2 is 2.41 bits per heavy atom. The maximum Gasteiger partial charge on any atom is 0.0798 e. The summed E-state index contributed by atoms with van der Waals surface area (Å²) in [5, 5.41) is 3.42. The molecule has 1 unspecified atom stereocenters. The fraction of sp³-hybridized carbons (Fsp3) is 0.750. The fourth-order valence-electron chi connectivity index (χ4n) is 2.17. The van der Waals surface area contributed by atoms with Crippen molar-refractivity contribution in [3.05, 3.63) is 16.1 Å². The zero-order valence-electron chi connectivity index (χ0n) is 10.6. The number of aromatic nitrogens is 1. The number of hydrogen-bond donors (Lipinski definition) is 1. The van der Waals surface area contributed by atoms with E-state index in [0.717, 1.165) is 12.5 Å². The number of halogens is 1. The van der Waals surface area contributed by atoms with Crippen molar-refractivity contribution >= 4 is 23.7 Å². The summed E-state index contributed by atoms with van der Waals surface area (Å²) in [6, 6.07) is 0. The Morgan fingerprint density at radius 1 is 1.59 bits per heavy atom. The van der Waals surface area contributed by atoms with Gasteiger partial charge in [-0.3, -0.25) is 0 Å². The van der Waals surface area contributed by atoms with Gasteiger partial charge < -0.3 is 10.2 Å². The van der Waals surface area contributed by atoms with Crippen LogP contribution in [0.5, 0.6) is 0 Å². The maximum atomic E-state index is 4.29. The molecule has 3 nitrogen and oxygen atoms in total. The van der Waals surface area contributed by atoms with Crippen LogP contribution in [0.2, 0.25) is 0 Å². The van der Waals surface area contributed by atoms with Gasteiger partial charge in [-0.25, -0.2) is 4.98 Å². The van der Waals surface area contributed by atoms with Gasteiger partial charge in [0, 0.05) is 11.4 Å². The van der Waals surface area contributed by atoms with E-state index in [9.17, 15) is 0 Å². The van der Waals surface area contributed by atoms with E-state index in [1.165, 1.54) is 43.0 Å². The molecule has 1 aromatic heterocycles. The molecule has 0 spiro atoms. The van der Waals surface area contributed by atoms with E-state index < -0.39 is 0 Å². The minimum Gasteiger partial charge on any atom is -0.316 e. The Hall–Kier alpha value is -0.160. The number of aryl methyl sites for hydroxylation is 1. The Kier molecular flexibility index (Phi) is 6.41. The molecule has 0 aliphatic carbocycles. The van der Waals surface area contributed by atoms with Crippen LogP contribution in [0.3, 0.4) is 0 Å². The number of nitrogens with zero attached hydrogens (tertiary/aromatic N) is 2. The smallest absolute Gasteiger partial charge is 0.0798 e. The molecule has 1 aliphatic rings. The molecule has 1 fully saturated rings. The highest BCUT2D eigenvalue weighted by atomic mass is 35.5. The highest BCUT2D eigenvalue weighted by Crippen LogP contribution is 2.16. The Balaban J connectivity index is 0.00000144. The monoisotopic (exact) mass is 275 g/mol. The maximum absolute atomic E-state index is 4.29. The Morgan fingerprint density at radius 3 is 3.00 bits per heavy atom. The normalized spacial score (nSPS) is 19.6. The van der Waals surface area contributed by atoms with Crippen molar-refractivity contribution in [2.45, 2.75) is 26.3 Å². The van der Waals surface area contributed by atoms with Crippen LogP contribution in [0, 0.1) is 12.8 Å². The highest BCUT2D eigenvalue weighted by molar-refractivity contribution is 7.09. The molecule has 1 N–H and O–H groups in total. The number of thiazole rings is 1. The van der Waals surface area contributed by atoms with E-state index in [2.05, 4.69) is 29.2 Å². The second-order valence-corrected chi connectivity index (χ2v) is 5.69. The lowest BCUT2D eigenvalue weighted by Gasteiger charge is -2.18. The zero-order valence-corrected chi connectivity index (χ0v) is 12.2. The molecule has 17 heavy (non-hydrogen) atoms. The summed E-state index contributed by atoms with van der Waals surface area (Å²) in [5.41, 5.74) is 3.14. The van der Waals surface area contributed by atoms with E-state index >= 15 is 0 Å². The third-order valence-electron chi connectivity index (χ3n) is 3.34. The van der Waals surface area contributed by atoms with E-state index in [1.807, 2.05) is 5.51 Å². The van der Waals surface area contributed by atoms with Gasteiger partial charge in [0.25, 0.3) is 0 Å². The molecule has 1 saturated heterocycles. The average molecular weight is 276 g/mol. The van der Waals surface area contributed by atoms with Gasteiger partial charge in [0.15, 0.2) is 0 Å². The summed E-state index contributed by atoms with van der Waals surface area (Å²) in [6.07, 6.45) is 2.68. The summed E-state index contributed by atoms with van der Waals surface area (Å²) in [6.45, 7) is 6.77. The summed E-state index contributed by atoms with van der Waals surface area (Å²) in [4.78, 5) is 8.11. The Bertz CT molecular complexity index is 323. The Labute approximate surface area is 114 Å². The van der Waals surface area contributed by atoms with Crippen LogP contribution in [0.15, 0.2) is 5.51 Å². The van der Waals surface area contributed by atoms with Gasteiger partial charge in [-0.1, -0.05) is 0 Å². The van der Waals surface area contributed by atoms with Crippen molar-refractivity contribution < 1.29 is 0 Å². The van der Waals surface area contributed by atoms with E-state index in [4.69, 9.17) is 0 Å². The van der Waals surface area contributed by atoms with Crippen molar-refractivity contribution in [3.8, 4) is 0 Å². The number of hydrogen-bond acceptors (Lipinski definition) is 4. The zero-order chi connectivity index (χ0) is 11.4. The van der Waals surface area contributed by atoms with Crippen molar-refractivity contribution in [2.75, 3.05) is 26.7 Å². The minimum absolute atomic E-state index is 0. The van der Waals surface area contributed by atoms with Gasteiger partial charge in [0.1, 0.15) is 0 Å². The van der Waals surface area contributed by atoms with Crippen molar-refractivity contribution in [1.29, 1.82) is 0 Å². The lowest BCUT2D eigenvalue weighted by Crippen LogP contribution is -2.22. The standard InChI is InChI=1S/C12H21N3S.ClH/c1-10-12(16-9-14-10)8-15(2)6-4-11-3-5-13-7-11;/h9,11,13H,3-8H2,1-2H3;1H. The molecule has 98 valence electrons. The van der Waals surface area contributed by atoms with Crippen LogP contribution < -0.4 is 5.32 Å². The lowest BCUT2D eigenvalue weighted by molar-refractivity contribution is 0.300. The summed E-state index contributed by atoms with van der Waals surface area (Å²) >= 11 is 1.77. The van der Waals surface area contributed by atoms with Crippen molar-refractivity contribution in [2.24, 2.45) is 5.92 Å². The number of nitrogens with one attached hydrogen (secondary N) is 1.